The smallest absolute Gasteiger partial charge is 0.275 e. The summed E-state index contributed by atoms with van der Waals surface area (Å²) in [7, 11) is 1.60. The monoisotopic (exact) mass is 374 g/mol. The van der Waals surface area contributed by atoms with Crippen molar-refractivity contribution in [2.75, 3.05) is 25.5 Å². The first-order valence-corrected chi connectivity index (χ1v) is 9.49. The Morgan fingerprint density at radius 1 is 1.35 bits per heavy atom. The topological polar surface area (TPSA) is 84.4 Å². The molecule has 0 spiro atoms. The highest BCUT2D eigenvalue weighted by atomic mass is 32.1. The van der Waals surface area contributed by atoms with Crippen molar-refractivity contribution >= 4 is 29.0 Å². The molecule has 0 atom stereocenters. The molecule has 0 radical (unpaired) electrons. The highest BCUT2D eigenvalue weighted by Gasteiger charge is 2.25. The van der Waals surface area contributed by atoms with E-state index >= 15 is 0 Å². The Kier molecular flexibility index (Phi) is 6.17. The molecule has 1 aliphatic rings. The van der Waals surface area contributed by atoms with Gasteiger partial charge in [0.1, 0.15) is 5.75 Å². The van der Waals surface area contributed by atoms with Gasteiger partial charge in [0.25, 0.3) is 5.91 Å². The molecule has 1 saturated heterocycles. The van der Waals surface area contributed by atoms with Crippen LogP contribution in [0.1, 0.15) is 36.2 Å². The van der Waals surface area contributed by atoms with Crippen molar-refractivity contribution in [1.29, 1.82) is 0 Å². The fraction of sp³-hybridized carbons (Fsp3) is 0.444. The number of nitrogens with zero attached hydrogens (tertiary/aromatic N) is 3. The van der Waals surface area contributed by atoms with Gasteiger partial charge in [0.15, 0.2) is 5.69 Å². The van der Waals surface area contributed by atoms with Crippen LogP contribution < -0.4 is 10.1 Å². The zero-order chi connectivity index (χ0) is 18.4. The van der Waals surface area contributed by atoms with E-state index in [-0.39, 0.29) is 11.8 Å². The number of nitrogens with one attached hydrogen (secondary N) is 1. The maximum Gasteiger partial charge on any atom is 0.275 e. The Morgan fingerprint density at radius 3 is 2.85 bits per heavy atom. The molecular weight excluding hydrogens is 352 g/mol. The van der Waals surface area contributed by atoms with Gasteiger partial charge >= 0.3 is 0 Å². The van der Waals surface area contributed by atoms with Crippen LogP contribution in [0.15, 0.2) is 29.6 Å². The first kappa shape index (κ1) is 18.3. The third-order valence-electron chi connectivity index (χ3n) is 4.61. The number of carbonyl (C=O) groups is 2. The number of amides is 2. The number of benzene rings is 1. The summed E-state index contributed by atoms with van der Waals surface area (Å²) in [5, 5.41) is 8.42. The van der Waals surface area contributed by atoms with Gasteiger partial charge in [-0.1, -0.05) is 10.6 Å². The fourth-order valence-electron chi connectivity index (χ4n) is 3.10. The summed E-state index contributed by atoms with van der Waals surface area (Å²) in [6.45, 7) is 1.41. The SMILES string of the molecule is COc1cccc(NC(=O)CCC2CCN(C(=O)c3csnn3)CC2)c1. The number of anilines is 1. The van der Waals surface area contributed by atoms with E-state index in [2.05, 4.69) is 14.9 Å². The lowest BCUT2D eigenvalue weighted by molar-refractivity contribution is -0.116. The molecule has 2 aromatic rings. The molecule has 7 nitrogen and oxygen atoms in total. The molecule has 2 amide bonds. The van der Waals surface area contributed by atoms with E-state index in [1.54, 1.807) is 18.6 Å². The fourth-order valence-corrected chi connectivity index (χ4v) is 3.53. The number of carbonyl (C=O) groups excluding carboxylic acids is 2. The number of aromatic nitrogens is 2. The predicted octanol–water partition coefficient (Wildman–Crippen LogP) is 2.82. The van der Waals surface area contributed by atoms with Crippen molar-refractivity contribution in [3.05, 3.63) is 35.3 Å². The molecule has 26 heavy (non-hydrogen) atoms. The Labute approximate surface area is 156 Å². The highest BCUT2D eigenvalue weighted by molar-refractivity contribution is 7.03. The summed E-state index contributed by atoms with van der Waals surface area (Å²) in [4.78, 5) is 26.2. The highest BCUT2D eigenvalue weighted by Crippen LogP contribution is 2.23. The molecule has 0 aliphatic carbocycles. The third-order valence-corrected chi connectivity index (χ3v) is 5.12. The number of ether oxygens (including phenoxy) is 1. The third kappa shape index (κ3) is 4.78. The Bertz CT molecular complexity index is 743. The molecule has 138 valence electrons. The molecule has 1 aromatic carbocycles. The largest absolute Gasteiger partial charge is 0.497 e. The van der Waals surface area contributed by atoms with Gasteiger partial charge in [-0.15, -0.1) is 5.10 Å². The van der Waals surface area contributed by atoms with Gasteiger partial charge in [0.05, 0.1) is 7.11 Å². The van der Waals surface area contributed by atoms with Crippen LogP contribution in [-0.4, -0.2) is 46.5 Å². The van der Waals surface area contributed by atoms with E-state index in [1.807, 2.05) is 23.1 Å². The lowest BCUT2D eigenvalue weighted by Crippen LogP contribution is -2.38. The van der Waals surface area contributed by atoms with Crippen LogP contribution in [0, 0.1) is 5.92 Å². The van der Waals surface area contributed by atoms with Crippen molar-refractivity contribution in [1.82, 2.24) is 14.5 Å². The summed E-state index contributed by atoms with van der Waals surface area (Å²) in [5.74, 6) is 1.14. The number of hydrogen-bond acceptors (Lipinski definition) is 6. The van der Waals surface area contributed by atoms with E-state index in [0.29, 0.717) is 31.1 Å². The average molecular weight is 374 g/mol. The lowest BCUT2D eigenvalue weighted by Gasteiger charge is -2.31. The van der Waals surface area contributed by atoms with Crippen LogP contribution in [-0.2, 0) is 4.79 Å². The summed E-state index contributed by atoms with van der Waals surface area (Å²) in [5.41, 5.74) is 1.16. The second-order valence-corrected chi connectivity index (χ2v) is 6.95. The van der Waals surface area contributed by atoms with Crippen LogP contribution in [0.5, 0.6) is 5.75 Å². The number of hydrogen-bond donors (Lipinski definition) is 1. The molecule has 0 saturated carbocycles. The van der Waals surface area contributed by atoms with Gasteiger partial charge in [0, 0.05) is 36.6 Å². The number of methoxy groups -OCH3 is 1. The maximum atomic E-state index is 12.2. The van der Waals surface area contributed by atoms with Gasteiger partial charge in [-0.2, -0.15) is 0 Å². The normalized spacial score (nSPS) is 14.9. The average Bonchev–Trinajstić information content (AvgIpc) is 3.21. The van der Waals surface area contributed by atoms with E-state index < -0.39 is 0 Å². The quantitative estimate of drug-likeness (QED) is 0.840. The first-order valence-electron chi connectivity index (χ1n) is 8.66. The van der Waals surface area contributed by atoms with Crippen molar-refractivity contribution < 1.29 is 14.3 Å². The van der Waals surface area contributed by atoms with Crippen molar-refractivity contribution in [2.24, 2.45) is 5.92 Å². The molecule has 1 N–H and O–H groups in total. The Hall–Kier alpha value is -2.48. The predicted molar refractivity (Wildman–Crippen MR) is 99.4 cm³/mol. The second-order valence-electron chi connectivity index (χ2n) is 6.34. The van der Waals surface area contributed by atoms with E-state index in [0.717, 1.165) is 30.7 Å². The molecule has 8 heteroatoms. The Balaban J connectivity index is 1.40. The summed E-state index contributed by atoms with van der Waals surface area (Å²) >= 11 is 1.19. The minimum atomic E-state index is -0.0482. The van der Waals surface area contributed by atoms with Crippen molar-refractivity contribution in [2.45, 2.75) is 25.7 Å². The van der Waals surface area contributed by atoms with Crippen LogP contribution in [0.4, 0.5) is 5.69 Å². The summed E-state index contributed by atoms with van der Waals surface area (Å²) in [6.07, 6.45) is 3.13. The van der Waals surface area contributed by atoms with Crippen LogP contribution in [0.25, 0.3) is 0 Å². The van der Waals surface area contributed by atoms with Gasteiger partial charge in [-0.25, -0.2) is 0 Å². The molecule has 1 fully saturated rings. The molecule has 0 unspecified atom stereocenters. The summed E-state index contributed by atoms with van der Waals surface area (Å²) in [6, 6.07) is 7.33. The van der Waals surface area contributed by atoms with Gasteiger partial charge in [0.2, 0.25) is 5.91 Å². The van der Waals surface area contributed by atoms with Gasteiger partial charge in [-0.3, -0.25) is 9.59 Å². The van der Waals surface area contributed by atoms with Crippen molar-refractivity contribution in [3.8, 4) is 5.75 Å². The minimum Gasteiger partial charge on any atom is -0.497 e. The van der Waals surface area contributed by atoms with E-state index in [4.69, 9.17) is 4.74 Å². The zero-order valence-electron chi connectivity index (χ0n) is 14.7. The second kappa shape index (κ2) is 8.75. The molecule has 1 aliphatic heterocycles. The van der Waals surface area contributed by atoms with Gasteiger partial charge < -0.3 is 15.0 Å². The minimum absolute atomic E-state index is 0.00491. The van der Waals surface area contributed by atoms with E-state index in [9.17, 15) is 9.59 Å². The van der Waals surface area contributed by atoms with Crippen molar-refractivity contribution in [3.63, 3.8) is 0 Å². The molecule has 3 rings (SSSR count). The molecule has 2 heterocycles. The maximum absolute atomic E-state index is 12.2. The molecule has 1 aromatic heterocycles. The molecule has 0 bridgehead atoms. The van der Waals surface area contributed by atoms with Crippen LogP contribution >= 0.6 is 11.5 Å². The number of likely N-dealkylation sites (tertiary alicyclic amines) is 1. The zero-order valence-corrected chi connectivity index (χ0v) is 15.5. The molecular formula is C18H22N4O3S. The van der Waals surface area contributed by atoms with Crippen LogP contribution in [0.3, 0.4) is 0 Å². The number of rotatable bonds is 6. The standard InChI is InChI=1S/C18H22N4O3S/c1-25-15-4-2-3-14(11-15)19-17(23)6-5-13-7-9-22(10-8-13)18(24)16-12-26-21-20-16/h2-4,11-13H,5-10H2,1H3,(H,19,23). The van der Waals surface area contributed by atoms with Crippen LogP contribution in [0.2, 0.25) is 0 Å². The van der Waals surface area contributed by atoms with Gasteiger partial charge in [-0.05, 0) is 48.8 Å². The van der Waals surface area contributed by atoms with E-state index in [1.165, 1.54) is 11.5 Å². The summed E-state index contributed by atoms with van der Waals surface area (Å²) < 4.78 is 8.90. The number of piperidine rings is 1. The Morgan fingerprint density at radius 2 is 2.15 bits per heavy atom. The first-order chi connectivity index (χ1) is 12.7. The lowest BCUT2D eigenvalue weighted by atomic mass is 9.92.